The van der Waals surface area contributed by atoms with Crippen LogP contribution in [0.4, 0.5) is 5.69 Å². The zero-order chi connectivity index (χ0) is 17.1. The Kier molecular flexibility index (Phi) is 4.85. The van der Waals surface area contributed by atoms with Gasteiger partial charge in [-0.15, -0.1) is 0 Å². The van der Waals surface area contributed by atoms with E-state index in [4.69, 9.17) is 32.7 Å². The van der Waals surface area contributed by atoms with Gasteiger partial charge in [-0.05, 0) is 42.5 Å². The summed E-state index contributed by atoms with van der Waals surface area (Å²) in [6.07, 6.45) is 1.51. The number of anilines is 1. The quantitative estimate of drug-likeness (QED) is 0.674. The second-order valence-corrected chi connectivity index (χ2v) is 5.68. The SMILES string of the molecule is O=C(Nc1ccc(-c2ccc(CO)o2)c(Cl)c1)c1cccnc1Cl. The molecular weight excluding hydrogens is 351 g/mol. The molecule has 24 heavy (non-hydrogen) atoms. The van der Waals surface area contributed by atoms with Crippen LogP contribution in [0.3, 0.4) is 0 Å². The van der Waals surface area contributed by atoms with Gasteiger partial charge in [0.05, 0.1) is 10.6 Å². The molecule has 3 rings (SSSR count). The van der Waals surface area contributed by atoms with Crippen LogP contribution in [0.25, 0.3) is 11.3 Å². The molecule has 0 radical (unpaired) electrons. The zero-order valence-corrected chi connectivity index (χ0v) is 13.8. The van der Waals surface area contributed by atoms with Gasteiger partial charge in [0.2, 0.25) is 0 Å². The third-order valence-electron chi connectivity index (χ3n) is 3.31. The van der Waals surface area contributed by atoms with Crippen LogP contribution in [0.15, 0.2) is 53.1 Å². The van der Waals surface area contributed by atoms with Gasteiger partial charge < -0.3 is 14.8 Å². The molecular formula is C17H12Cl2N2O3. The third kappa shape index (κ3) is 3.43. The Morgan fingerprint density at radius 2 is 2.04 bits per heavy atom. The summed E-state index contributed by atoms with van der Waals surface area (Å²) < 4.78 is 5.46. The van der Waals surface area contributed by atoms with E-state index in [0.717, 1.165) is 0 Å². The average Bonchev–Trinajstić information content (AvgIpc) is 3.04. The minimum atomic E-state index is -0.377. The van der Waals surface area contributed by atoms with Crippen LogP contribution >= 0.6 is 23.2 Å². The highest BCUT2D eigenvalue weighted by atomic mass is 35.5. The number of carbonyl (C=O) groups is 1. The maximum absolute atomic E-state index is 12.2. The van der Waals surface area contributed by atoms with Crippen LogP contribution in [-0.4, -0.2) is 16.0 Å². The van der Waals surface area contributed by atoms with Crippen molar-refractivity contribution in [1.82, 2.24) is 4.98 Å². The van der Waals surface area contributed by atoms with E-state index < -0.39 is 0 Å². The van der Waals surface area contributed by atoms with Crippen LogP contribution in [0.2, 0.25) is 10.2 Å². The Balaban J connectivity index is 1.82. The summed E-state index contributed by atoms with van der Waals surface area (Å²) >= 11 is 12.2. The van der Waals surface area contributed by atoms with Crippen LogP contribution in [-0.2, 0) is 6.61 Å². The van der Waals surface area contributed by atoms with E-state index in [1.54, 1.807) is 42.5 Å². The van der Waals surface area contributed by atoms with Crippen molar-refractivity contribution in [1.29, 1.82) is 0 Å². The van der Waals surface area contributed by atoms with E-state index in [1.807, 2.05) is 0 Å². The van der Waals surface area contributed by atoms with Gasteiger partial charge in [-0.3, -0.25) is 4.79 Å². The molecule has 0 aliphatic carbocycles. The Morgan fingerprint density at radius 1 is 1.21 bits per heavy atom. The highest BCUT2D eigenvalue weighted by Gasteiger charge is 2.13. The number of pyridine rings is 1. The molecule has 0 unspecified atom stereocenters. The van der Waals surface area contributed by atoms with E-state index >= 15 is 0 Å². The highest BCUT2D eigenvalue weighted by Crippen LogP contribution is 2.32. The number of aromatic nitrogens is 1. The maximum Gasteiger partial charge on any atom is 0.258 e. The molecule has 1 aromatic carbocycles. The third-order valence-corrected chi connectivity index (χ3v) is 3.93. The van der Waals surface area contributed by atoms with Crippen molar-refractivity contribution < 1.29 is 14.3 Å². The number of benzene rings is 1. The zero-order valence-electron chi connectivity index (χ0n) is 12.3. The second-order valence-electron chi connectivity index (χ2n) is 4.91. The number of amides is 1. The van der Waals surface area contributed by atoms with E-state index in [0.29, 0.717) is 27.8 Å². The first-order valence-corrected chi connectivity index (χ1v) is 7.75. The Hall–Kier alpha value is -2.34. The molecule has 0 atom stereocenters. The molecule has 122 valence electrons. The van der Waals surface area contributed by atoms with Crippen LogP contribution in [0.5, 0.6) is 0 Å². The number of halogens is 2. The first kappa shape index (κ1) is 16.5. The summed E-state index contributed by atoms with van der Waals surface area (Å²) in [5.74, 6) is 0.611. The summed E-state index contributed by atoms with van der Waals surface area (Å²) in [6.45, 7) is -0.183. The number of carbonyl (C=O) groups excluding carboxylic acids is 1. The molecule has 3 aromatic rings. The molecule has 2 heterocycles. The topological polar surface area (TPSA) is 75.4 Å². The molecule has 7 heteroatoms. The van der Waals surface area contributed by atoms with Crippen molar-refractivity contribution in [3.63, 3.8) is 0 Å². The lowest BCUT2D eigenvalue weighted by atomic mass is 10.1. The Morgan fingerprint density at radius 3 is 2.71 bits per heavy atom. The smallest absolute Gasteiger partial charge is 0.258 e. The fraction of sp³-hybridized carbons (Fsp3) is 0.0588. The minimum Gasteiger partial charge on any atom is -0.459 e. The fourth-order valence-corrected chi connectivity index (χ4v) is 2.63. The summed E-state index contributed by atoms with van der Waals surface area (Å²) in [7, 11) is 0. The van der Waals surface area contributed by atoms with Crippen molar-refractivity contribution >= 4 is 34.8 Å². The summed E-state index contributed by atoms with van der Waals surface area (Å²) in [5.41, 5.74) is 1.45. The molecule has 2 aromatic heterocycles. The van der Waals surface area contributed by atoms with Gasteiger partial charge >= 0.3 is 0 Å². The van der Waals surface area contributed by atoms with E-state index in [2.05, 4.69) is 10.3 Å². The molecule has 5 nitrogen and oxygen atoms in total. The number of rotatable bonds is 4. The van der Waals surface area contributed by atoms with E-state index in [1.165, 1.54) is 6.20 Å². The lowest BCUT2D eigenvalue weighted by Crippen LogP contribution is -2.12. The van der Waals surface area contributed by atoms with Gasteiger partial charge in [-0.1, -0.05) is 23.2 Å². The first-order valence-electron chi connectivity index (χ1n) is 7.00. The number of aliphatic hydroxyl groups is 1. The minimum absolute atomic E-state index is 0.129. The highest BCUT2D eigenvalue weighted by molar-refractivity contribution is 6.34. The van der Waals surface area contributed by atoms with Gasteiger partial charge in [0, 0.05) is 17.4 Å². The van der Waals surface area contributed by atoms with Gasteiger partial charge in [0.15, 0.2) is 0 Å². The summed E-state index contributed by atoms with van der Waals surface area (Å²) in [4.78, 5) is 16.1. The van der Waals surface area contributed by atoms with E-state index in [9.17, 15) is 4.79 Å². The number of nitrogens with zero attached hydrogens (tertiary/aromatic N) is 1. The number of hydrogen-bond acceptors (Lipinski definition) is 4. The van der Waals surface area contributed by atoms with Gasteiger partial charge in [0.25, 0.3) is 5.91 Å². The fourth-order valence-electron chi connectivity index (χ4n) is 2.15. The Bertz CT molecular complexity index is 893. The van der Waals surface area contributed by atoms with Crippen molar-refractivity contribution in [3.8, 4) is 11.3 Å². The lowest BCUT2D eigenvalue weighted by molar-refractivity contribution is 0.102. The van der Waals surface area contributed by atoms with Crippen LogP contribution in [0.1, 0.15) is 16.1 Å². The predicted molar refractivity (Wildman–Crippen MR) is 92.3 cm³/mol. The van der Waals surface area contributed by atoms with Gasteiger partial charge in [-0.2, -0.15) is 0 Å². The Labute approximate surface area is 147 Å². The maximum atomic E-state index is 12.2. The molecule has 0 bridgehead atoms. The largest absolute Gasteiger partial charge is 0.459 e. The van der Waals surface area contributed by atoms with Crippen molar-refractivity contribution in [3.05, 3.63) is 70.2 Å². The summed E-state index contributed by atoms with van der Waals surface area (Å²) in [5, 5.41) is 12.3. The second kappa shape index (κ2) is 7.05. The molecule has 0 aliphatic rings. The monoisotopic (exact) mass is 362 g/mol. The van der Waals surface area contributed by atoms with Gasteiger partial charge in [0.1, 0.15) is 23.3 Å². The number of nitrogens with one attached hydrogen (secondary N) is 1. The molecule has 0 saturated carbocycles. The van der Waals surface area contributed by atoms with E-state index in [-0.39, 0.29) is 23.2 Å². The number of aliphatic hydroxyl groups excluding tert-OH is 1. The molecule has 0 spiro atoms. The molecule has 2 N–H and O–H groups in total. The van der Waals surface area contributed by atoms with Crippen LogP contribution in [0, 0.1) is 0 Å². The molecule has 1 amide bonds. The first-order chi connectivity index (χ1) is 11.6. The van der Waals surface area contributed by atoms with Crippen molar-refractivity contribution in [2.45, 2.75) is 6.61 Å². The normalized spacial score (nSPS) is 10.6. The van der Waals surface area contributed by atoms with Crippen molar-refractivity contribution in [2.24, 2.45) is 0 Å². The van der Waals surface area contributed by atoms with Crippen molar-refractivity contribution in [2.75, 3.05) is 5.32 Å². The molecule has 0 fully saturated rings. The van der Waals surface area contributed by atoms with Crippen LogP contribution < -0.4 is 5.32 Å². The standard InChI is InChI=1S/C17H12Cl2N2O3/c18-14-8-10(21-17(23)13-2-1-7-20-16(13)19)3-5-12(14)15-6-4-11(9-22)24-15/h1-8,22H,9H2,(H,21,23). The lowest BCUT2D eigenvalue weighted by Gasteiger charge is -2.08. The summed E-state index contributed by atoms with van der Waals surface area (Å²) in [6, 6.07) is 11.6. The average molecular weight is 363 g/mol. The van der Waals surface area contributed by atoms with Gasteiger partial charge in [-0.25, -0.2) is 4.98 Å². The molecule has 0 saturated heterocycles. The molecule has 0 aliphatic heterocycles. The number of hydrogen-bond donors (Lipinski definition) is 2. The number of furan rings is 1. The predicted octanol–water partition coefficient (Wildman–Crippen LogP) is 4.39.